The number of fused-ring (bicyclic) bond motifs is 1. The van der Waals surface area contributed by atoms with Crippen LogP contribution in [0, 0.1) is 0 Å². The van der Waals surface area contributed by atoms with Crippen LogP contribution in [0.1, 0.15) is 0 Å². The number of hydrogen-bond acceptors (Lipinski definition) is 3. The van der Waals surface area contributed by atoms with Gasteiger partial charge >= 0.3 is 0 Å². The molecule has 0 amide bonds. The second-order valence-electron chi connectivity index (χ2n) is 2.68. The van der Waals surface area contributed by atoms with E-state index in [0.29, 0.717) is 5.52 Å². The Morgan fingerprint density at radius 1 is 1.54 bits per heavy atom. The van der Waals surface area contributed by atoms with E-state index in [1.165, 1.54) is 4.68 Å². The molecule has 0 aliphatic carbocycles. The van der Waals surface area contributed by atoms with Crippen LogP contribution in [0.5, 0.6) is 0 Å². The summed E-state index contributed by atoms with van der Waals surface area (Å²) in [5, 5.41) is 12.5. The summed E-state index contributed by atoms with van der Waals surface area (Å²) in [4.78, 5) is 11.5. The van der Waals surface area contributed by atoms with Gasteiger partial charge in [0.25, 0.3) is 5.56 Å². The van der Waals surface area contributed by atoms with E-state index in [-0.39, 0.29) is 18.7 Å². The largest absolute Gasteiger partial charge is 0.394 e. The van der Waals surface area contributed by atoms with E-state index in [9.17, 15) is 4.79 Å². The van der Waals surface area contributed by atoms with E-state index in [4.69, 9.17) is 5.11 Å². The highest BCUT2D eigenvalue weighted by atomic mass is 16.3. The first kappa shape index (κ1) is 8.00. The van der Waals surface area contributed by atoms with Gasteiger partial charge in [0.2, 0.25) is 0 Å². The van der Waals surface area contributed by atoms with Crippen molar-refractivity contribution in [1.82, 2.24) is 14.2 Å². The fraction of sp³-hybridized carbons (Fsp3) is 0.250. The number of hydrogen-bond donors (Lipinski definition) is 1. The first-order valence-electron chi connectivity index (χ1n) is 3.96. The highest BCUT2D eigenvalue weighted by Gasteiger charge is 2.01. The molecule has 0 saturated heterocycles. The third-order valence-electron chi connectivity index (χ3n) is 1.86. The van der Waals surface area contributed by atoms with Gasteiger partial charge in [0.1, 0.15) is 11.8 Å². The molecule has 0 aliphatic rings. The van der Waals surface area contributed by atoms with Gasteiger partial charge in [-0.05, 0) is 12.1 Å². The summed E-state index contributed by atoms with van der Waals surface area (Å²) >= 11 is 0. The third-order valence-corrected chi connectivity index (χ3v) is 1.86. The lowest BCUT2D eigenvalue weighted by atomic mass is 10.5. The molecule has 0 bridgehead atoms. The molecule has 2 aromatic heterocycles. The molecule has 0 atom stereocenters. The molecule has 68 valence electrons. The molecule has 2 aromatic rings. The van der Waals surface area contributed by atoms with E-state index < -0.39 is 0 Å². The van der Waals surface area contributed by atoms with Gasteiger partial charge in [-0.25, -0.2) is 4.68 Å². The Labute approximate surface area is 73.9 Å². The Kier molecular flexibility index (Phi) is 1.86. The van der Waals surface area contributed by atoms with Crippen LogP contribution < -0.4 is 5.56 Å². The number of aliphatic hydroxyl groups is 1. The van der Waals surface area contributed by atoms with Gasteiger partial charge in [-0.1, -0.05) is 0 Å². The van der Waals surface area contributed by atoms with Crippen LogP contribution in [0.2, 0.25) is 0 Å². The lowest BCUT2D eigenvalue weighted by Crippen LogP contribution is -2.25. The van der Waals surface area contributed by atoms with Crippen LogP contribution in [0.3, 0.4) is 0 Å². The number of aliphatic hydroxyl groups excluding tert-OH is 1. The molecule has 0 unspecified atom stereocenters. The summed E-state index contributed by atoms with van der Waals surface area (Å²) in [6.07, 6.45) is 3.30. The van der Waals surface area contributed by atoms with Crippen molar-refractivity contribution in [2.75, 3.05) is 6.61 Å². The molecule has 0 spiro atoms. The van der Waals surface area contributed by atoms with Crippen molar-refractivity contribution in [2.24, 2.45) is 0 Å². The summed E-state index contributed by atoms with van der Waals surface area (Å²) in [5.41, 5.74) is 0.394. The van der Waals surface area contributed by atoms with Gasteiger partial charge < -0.3 is 9.51 Å². The zero-order valence-corrected chi connectivity index (χ0v) is 6.92. The zero-order valence-electron chi connectivity index (χ0n) is 6.92. The molecular weight excluding hydrogens is 170 g/mol. The molecule has 5 heteroatoms. The molecule has 0 aromatic carbocycles. The van der Waals surface area contributed by atoms with Crippen LogP contribution in [0.15, 0.2) is 29.5 Å². The third kappa shape index (κ3) is 1.23. The minimum absolute atomic E-state index is 0.0796. The maximum absolute atomic E-state index is 11.5. The molecule has 2 heterocycles. The number of aromatic nitrogens is 3. The molecule has 0 aliphatic heterocycles. The second-order valence-corrected chi connectivity index (χ2v) is 2.68. The van der Waals surface area contributed by atoms with Crippen LogP contribution in [-0.2, 0) is 6.54 Å². The topological polar surface area (TPSA) is 59.5 Å². The van der Waals surface area contributed by atoms with Crippen LogP contribution in [-0.4, -0.2) is 25.9 Å². The maximum Gasteiger partial charge on any atom is 0.291 e. The van der Waals surface area contributed by atoms with E-state index in [1.807, 2.05) is 0 Å². The molecule has 5 nitrogen and oxygen atoms in total. The highest BCUT2D eigenvalue weighted by molar-refractivity contribution is 5.43. The normalized spacial score (nSPS) is 10.8. The summed E-state index contributed by atoms with van der Waals surface area (Å²) in [7, 11) is 0. The Morgan fingerprint density at radius 2 is 2.38 bits per heavy atom. The van der Waals surface area contributed by atoms with Gasteiger partial charge in [-0.15, -0.1) is 0 Å². The van der Waals surface area contributed by atoms with Gasteiger partial charge in [0.15, 0.2) is 0 Å². The molecule has 2 rings (SSSR count). The Hall–Kier alpha value is -1.62. The van der Waals surface area contributed by atoms with Gasteiger partial charge in [-0.3, -0.25) is 4.79 Å². The fourth-order valence-corrected chi connectivity index (χ4v) is 1.23. The van der Waals surface area contributed by atoms with Crippen molar-refractivity contribution in [3.63, 3.8) is 0 Å². The van der Waals surface area contributed by atoms with E-state index in [0.717, 1.165) is 0 Å². The predicted molar refractivity (Wildman–Crippen MR) is 46.5 cm³/mol. The molecule has 0 radical (unpaired) electrons. The molecule has 1 N–H and O–H groups in total. The summed E-state index contributed by atoms with van der Waals surface area (Å²) in [6.45, 7) is 0.157. The zero-order chi connectivity index (χ0) is 9.26. The number of nitrogens with zero attached hydrogens (tertiary/aromatic N) is 3. The highest BCUT2D eigenvalue weighted by Crippen LogP contribution is 1.95. The Bertz CT molecular complexity index is 471. The van der Waals surface area contributed by atoms with E-state index in [1.54, 1.807) is 29.1 Å². The van der Waals surface area contributed by atoms with Crippen molar-refractivity contribution >= 4 is 5.52 Å². The van der Waals surface area contributed by atoms with Crippen molar-refractivity contribution in [1.29, 1.82) is 0 Å². The van der Waals surface area contributed by atoms with Crippen LogP contribution in [0.25, 0.3) is 5.52 Å². The first-order chi connectivity index (χ1) is 6.33. The first-order valence-corrected chi connectivity index (χ1v) is 3.96. The molecule has 13 heavy (non-hydrogen) atoms. The molecular formula is C8H9N3O2. The number of rotatable bonds is 2. The molecule has 0 fully saturated rings. The van der Waals surface area contributed by atoms with Crippen LogP contribution >= 0.6 is 0 Å². The smallest absolute Gasteiger partial charge is 0.291 e. The average Bonchev–Trinajstić information content (AvgIpc) is 2.58. The Morgan fingerprint density at radius 3 is 3.15 bits per heavy atom. The summed E-state index contributed by atoms with van der Waals surface area (Å²) < 4.78 is 2.89. The lowest BCUT2D eigenvalue weighted by Gasteiger charge is -2.01. The second kappa shape index (κ2) is 3.02. The van der Waals surface area contributed by atoms with Crippen molar-refractivity contribution in [3.8, 4) is 0 Å². The van der Waals surface area contributed by atoms with Crippen LogP contribution in [0.4, 0.5) is 0 Å². The van der Waals surface area contributed by atoms with E-state index in [2.05, 4.69) is 5.10 Å². The van der Waals surface area contributed by atoms with Gasteiger partial charge in [-0.2, -0.15) is 5.10 Å². The van der Waals surface area contributed by atoms with Gasteiger partial charge in [0.05, 0.1) is 13.2 Å². The van der Waals surface area contributed by atoms with Crippen molar-refractivity contribution < 1.29 is 5.11 Å². The minimum Gasteiger partial charge on any atom is -0.394 e. The minimum atomic E-state index is -0.179. The van der Waals surface area contributed by atoms with Crippen molar-refractivity contribution in [2.45, 2.75) is 6.54 Å². The Balaban J connectivity index is 2.67. The summed E-state index contributed by atoms with van der Waals surface area (Å²) in [5.74, 6) is 0. The average molecular weight is 179 g/mol. The lowest BCUT2D eigenvalue weighted by molar-refractivity contribution is 0.266. The quantitative estimate of drug-likeness (QED) is 0.675. The van der Waals surface area contributed by atoms with E-state index >= 15 is 0 Å². The maximum atomic E-state index is 11.5. The SMILES string of the molecule is O=c1c2cccn2cnn1CCO. The fourth-order valence-electron chi connectivity index (χ4n) is 1.23. The van der Waals surface area contributed by atoms with Crippen molar-refractivity contribution in [3.05, 3.63) is 35.0 Å². The predicted octanol–water partition coefficient (Wildman–Crippen LogP) is -0.512. The summed E-state index contributed by atoms with van der Waals surface area (Å²) in [6, 6.07) is 3.50. The monoisotopic (exact) mass is 179 g/mol. The van der Waals surface area contributed by atoms with Gasteiger partial charge in [0, 0.05) is 6.20 Å². The standard InChI is InChI=1S/C8H9N3O2/c12-5-4-11-8(13)7-2-1-3-10(7)6-9-11/h1-3,6,12H,4-5H2. The molecule has 0 saturated carbocycles.